The molecule has 1 aromatic rings. The Morgan fingerprint density at radius 1 is 1.46 bits per heavy atom. The number of rotatable bonds is 11. The second kappa shape index (κ2) is 11.0. The van der Waals surface area contributed by atoms with E-state index >= 15 is 0 Å². The van der Waals surface area contributed by atoms with E-state index in [1.807, 2.05) is 11.9 Å². The van der Waals surface area contributed by atoms with Crippen molar-refractivity contribution in [3.63, 3.8) is 0 Å². The minimum absolute atomic E-state index is 0.0914. The van der Waals surface area contributed by atoms with Gasteiger partial charge in [0.25, 0.3) is 5.69 Å². The second-order valence-electron chi connectivity index (χ2n) is 5.42. The van der Waals surface area contributed by atoms with E-state index in [1.165, 1.54) is 6.07 Å². The monoisotopic (exact) mass is 355 g/mol. The minimum atomic E-state index is -0.480. The molecule has 0 spiro atoms. The molecule has 0 bridgehead atoms. The molecule has 0 atom stereocenters. The Hall–Kier alpha value is -1.64. The quantitative estimate of drug-likeness (QED) is 0.284. The van der Waals surface area contributed by atoms with Crippen molar-refractivity contribution in [2.75, 3.05) is 44.9 Å². The van der Waals surface area contributed by atoms with E-state index in [2.05, 4.69) is 12.2 Å². The van der Waals surface area contributed by atoms with Crippen LogP contribution in [0.15, 0.2) is 23.1 Å². The zero-order chi connectivity index (χ0) is 17.9. The van der Waals surface area contributed by atoms with Crippen LogP contribution in [0, 0.1) is 10.1 Å². The number of carbonyl (C=O) groups is 1. The molecular weight excluding hydrogens is 330 g/mol. The van der Waals surface area contributed by atoms with Gasteiger partial charge in [-0.2, -0.15) is 0 Å². The average molecular weight is 355 g/mol. The third kappa shape index (κ3) is 7.29. The number of carbonyl (C=O) groups excluding carboxylic acids is 1. The summed E-state index contributed by atoms with van der Waals surface area (Å²) in [6, 6.07) is 4.82. The van der Waals surface area contributed by atoms with Gasteiger partial charge in [0.05, 0.1) is 11.5 Å². The maximum absolute atomic E-state index is 12.1. The second-order valence-corrected chi connectivity index (χ2v) is 6.59. The number of ether oxygens (including phenoxy) is 1. The molecule has 0 radical (unpaired) electrons. The van der Waals surface area contributed by atoms with E-state index in [0.717, 1.165) is 30.0 Å². The van der Waals surface area contributed by atoms with Gasteiger partial charge in [-0.25, -0.2) is 0 Å². The van der Waals surface area contributed by atoms with Crippen molar-refractivity contribution in [3.8, 4) is 0 Å². The maximum atomic E-state index is 12.1. The Bertz CT molecular complexity index is 554. The van der Waals surface area contributed by atoms with Crippen LogP contribution in [0.1, 0.15) is 19.8 Å². The predicted octanol–water partition coefficient (Wildman–Crippen LogP) is 3.00. The van der Waals surface area contributed by atoms with Crippen LogP contribution in [0.4, 0.5) is 11.4 Å². The minimum Gasteiger partial charge on any atom is -0.385 e. The molecule has 0 aliphatic carbocycles. The summed E-state index contributed by atoms with van der Waals surface area (Å²) in [6.07, 6.45) is 1.83. The molecule has 1 aromatic carbocycles. The molecule has 7 nitrogen and oxygen atoms in total. The molecular formula is C16H25N3O4S. The molecule has 0 aliphatic heterocycles. The van der Waals surface area contributed by atoms with Crippen molar-refractivity contribution < 1.29 is 14.5 Å². The number of nitro benzene ring substituents is 1. The van der Waals surface area contributed by atoms with E-state index < -0.39 is 4.92 Å². The zero-order valence-corrected chi connectivity index (χ0v) is 15.2. The molecule has 1 rings (SSSR count). The lowest BCUT2D eigenvalue weighted by Crippen LogP contribution is -2.31. The fraction of sp³-hybridized carbons (Fsp3) is 0.562. The first-order chi connectivity index (χ1) is 11.5. The molecule has 24 heavy (non-hydrogen) atoms. The molecule has 0 aromatic heterocycles. The normalized spacial score (nSPS) is 10.8. The molecule has 0 heterocycles. The van der Waals surface area contributed by atoms with E-state index in [-0.39, 0.29) is 23.8 Å². The maximum Gasteiger partial charge on any atom is 0.292 e. The highest BCUT2D eigenvalue weighted by atomic mass is 32.2. The van der Waals surface area contributed by atoms with Gasteiger partial charge in [-0.1, -0.05) is 6.92 Å². The lowest BCUT2D eigenvalue weighted by atomic mass is 10.2. The molecule has 0 fully saturated rings. The summed E-state index contributed by atoms with van der Waals surface area (Å²) in [6.45, 7) is 3.59. The molecule has 134 valence electrons. The van der Waals surface area contributed by atoms with Crippen molar-refractivity contribution >= 4 is 29.0 Å². The largest absolute Gasteiger partial charge is 0.385 e. The highest BCUT2D eigenvalue weighted by molar-refractivity contribution is 7.99. The summed E-state index contributed by atoms with van der Waals surface area (Å²) in [7, 11) is 3.46. The van der Waals surface area contributed by atoms with Crippen LogP contribution in [0.3, 0.4) is 0 Å². The van der Waals surface area contributed by atoms with Crippen LogP contribution < -0.4 is 5.32 Å². The Kier molecular flexibility index (Phi) is 9.36. The van der Waals surface area contributed by atoms with Gasteiger partial charge in [-0.3, -0.25) is 19.8 Å². The molecule has 0 aliphatic rings. The number of benzene rings is 1. The van der Waals surface area contributed by atoms with E-state index in [9.17, 15) is 14.9 Å². The van der Waals surface area contributed by atoms with Crippen molar-refractivity contribution in [1.29, 1.82) is 0 Å². The van der Waals surface area contributed by atoms with E-state index in [4.69, 9.17) is 4.74 Å². The summed E-state index contributed by atoms with van der Waals surface area (Å²) in [5, 5.41) is 13.8. The summed E-state index contributed by atoms with van der Waals surface area (Å²) < 4.78 is 4.98. The Labute approximate surface area is 146 Å². The first-order valence-corrected chi connectivity index (χ1v) is 8.85. The zero-order valence-electron chi connectivity index (χ0n) is 14.4. The molecule has 1 amide bonds. The number of nitrogens with zero attached hydrogens (tertiary/aromatic N) is 2. The van der Waals surface area contributed by atoms with Gasteiger partial charge < -0.3 is 10.1 Å². The van der Waals surface area contributed by atoms with Crippen LogP contribution in [-0.2, 0) is 9.53 Å². The third-order valence-electron chi connectivity index (χ3n) is 3.21. The number of thioether (sulfide) groups is 1. The number of amides is 1. The Morgan fingerprint density at radius 3 is 2.83 bits per heavy atom. The highest BCUT2D eigenvalue weighted by Gasteiger charge is 2.17. The third-order valence-corrected chi connectivity index (χ3v) is 4.41. The molecule has 0 unspecified atom stereocenters. The molecule has 0 saturated heterocycles. The van der Waals surface area contributed by atoms with Crippen LogP contribution in [0.5, 0.6) is 0 Å². The van der Waals surface area contributed by atoms with Crippen LogP contribution in [0.2, 0.25) is 0 Å². The fourth-order valence-corrected chi connectivity index (χ4v) is 2.88. The summed E-state index contributed by atoms with van der Waals surface area (Å²) in [5.41, 5.74) is 0.155. The highest BCUT2D eigenvalue weighted by Crippen LogP contribution is 2.30. The Balaban J connectivity index is 2.72. The van der Waals surface area contributed by atoms with Crippen LogP contribution >= 0.6 is 11.8 Å². The first kappa shape index (κ1) is 20.4. The van der Waals surface area contributed by atoms with Crippen molar-refractivity contribution in [2.45, 2.75) is 24.7 Å². The van der Waals surface area contributed by atoms with Crippen molar-refractivity contribution in [2.24, 2.45) is 0 Å². The molecule has 0 saturated carbocycles. The topological polar surface area (TPSA) is 84.7 Å². The standard InChI is InChI=1S/C16H25N3O4S/c1-4-10-24-13-6-7-15(19(21)22)14(11-13)17-16(20)12-18(2)8-5-9-23-3/h6-7,11H,4-5,8-10,12H2,1-3H3,(H,17,20). The number of nitro groups is 1. The summed E-state index contributed by atoms with van der Waals surface area (Å²) in [4.78, 5) is 25.6. The summed E-state index contributed by atoms with van der Waals surface area (Å²) in [5.74, 6) is 0.656. The van der Waals surface area contributed by atoms with Crippen molar-refractivity contribution in [1.82, 2.24) is 4.90 Å². The van der Waals surface area contributed by atoms with E-state index in [0.29, 0.717) is 6.61 Å². The number of likely N-dealkylation sites (N-methyl/N-ethyl adjacent to an activating group) is 1. The van der Waals surface area contributed by atoms with Crippen LogP contribution in [-0.4, -0.2) is 55.3 Å². The first-order valence-electron chi connectivity index (χ1n) is 7.86. The fourth-order valence-electron chi connectivity index (χ4n) is 2.08. The van der Waals surface area contributed by atoms with E-state index in [1.54, 1.807) is 31.0 Å². The number of anilines is 1. The van der Waals surface area contributed by atoms with Gasteiger partial charge in [-0.05, 0) is 37.8 Å². The van der Waals surface area contributed by atoms with Gasteiger partial charge >= 0.3 is 0 Å². The van der Waals surface area contributed by atoms with Crippen LogP contribution in [0.25, 0.3) is 0 Å². The Morgan fingerprint density at radius 2 is 2.21 bits per heavy atom. The number of hydrogen-bond acceptors (Lipinski definition) is 6. The number of methoxy groups -OCH3 is 1. The SMILES string of the molecule is CCCSc1ccc([N+](=O)[O-])c(NC(=O)CN(C)CCCOC)c1. The number of hydrogen-bond donors (Lipinski definition) is 1. The van der Waals surface area contributed by atoms with Gasteiger partial charge in [0.15, 0.2) is 0 Å². The van der Waals surface area contributed by atoms with Gasteiger partial charge in [0, 0.05) is 31.2 Å². The smallest absolute Gasteiger partial charge is 0.292 e. The van der Waals surface area contributed by atoms with Crippen molar-refractivity contribution in [3.05, 3.63) is 28.3 Å². The molecule has 8 heteroatoms. The average Bonchev–Trinajstić information content (AvgIpc) is 2.52. The predicted molar refractivity (Wildman–Crippen MR) is 96.7 cm³/mol. The summed E-state index contributed by atoms with van der Waals surface area (Å²) >= 11 is 1.61. The lowest BCUT2D eigenvalue weighted by molar-refractivity contribution is -0.384. The van der Waals surface area contributed by atoms with Gasteiger partial charge in [-0.15, -0.1) is 11.8 Å². The van der Waals surface area contributed by atoms with Gasteiger partial charge in [0.1, 0.15) is 5.69 Å². The molecule has 1 N–H and O–H groups in total. The lowest BCUT2D eigenvalue weighted by Gasteiger charge is -2.16. The number of nitrogens with one attached hydrogen (secondary N) is 1. The van der Waals surface area contributed by atoms with Gasteiger partial charge in [0.2, 0.25) is 5.91 Å².